The predicted octanol–water partition coefficient (Wildman–Crippen LogP) is 0.924. The summed E-state index contributed by atoms with van der Waals surface area (Å²) in [7, 11) is 4.14. The maximum atomic E-state index is 4.25. The van der Waals surface area contributed by atoms with E-state index in [9.17, 15) is 0 Å². The first kappa shape index (κ1) is 6.35. The van der Waals surface area contributed by atoms with E-state index in [0.717, 1.165) is 12.1 Å². The van der Waals surface area contributed by atoms with Crippen LogP contribution in [0.4, 0.5) is 0 Å². The van der Waals surface area contributed by atoms with Crippen LogP contribution in [0, 0.1) is 0 Å². The predicted molar refractivity (Wildman–Crippen MR) is 42.5 cm³/mol. The van der Waals surface area contributed by atoms with Gasteiger partial charge in [-0.25, -0.2) is 0 Å². The smallest absolute Gasteiger partial charge is 0.0276 e. The lowest BCUT2D eigenvalue weighted by Gasteiger charge is -2.51. The quantitative estimate of drug-likeness (QED) is 0.486. The van der Waals surface area contributed by atoms with Crippen molar-refractivity contribution in [3.05, 3.63) is 0 Å². The number of rotatable bonds is 0. The first-order valence-electron chi connectivity index (χ1n) is 3.97. The molecule has 3 aliphatic rings. The normalized spacial score (nSPS) is 39.2. The van der Waals surface area contributed by atoms with Gasteiger partial charge in [-0.1, -0.05) is 0 Å². The number of fused-ring (bicyclic) bond motifs is 2. The molecule has 2 heteroatoms. The molecule has 3 fully saturated rings. The Morgan fingerprint density at radius 3 is 2.40 bits per heavy atom. The molecule has 10 heavy (non-hydrogen) atoms. The summed E-state index contributed by atoms with van der Waals surface area (Å²) < 4.78 is 0. The van der Waals surface area contributed by atoms with Crippen LogP contribution in [0.5, 0.6) is 0 Å². The van der Waals surface area contributed by atoms with E-state index in [2.05, 4.69) is 16.9 Å². The van der Waals surface area contributed by atoms with Crippen LogP contribution in [0.3, 0.4) is 0 Å². The summed E-state index contributed by atoms with van der Waals surface area (Å²) in [4.78, 5) is 6.73. The van der Waals surface area contributed by atoms with E-state index in [-0.39, 0.29) is 0 Å². The minimum Gasteiger partial charge on any atom is -0.300 e. The molecule has 1 saturated carbocycles. The fourth-order valence-electron chi connectivity index (χ4n) is 2.07. The van der Waals surface area contributed by atoms with Gasteiger partial charge in [0.1, 0.15) is 0 Å². The molecule has 0 N–H and O–H groups in total. The molecule has 0 aromatic heterocycles. The molecule has 0 aromatic rings. The number of piperidine rings is 1. The van der Waals surface area contributed by atoms with Crippen LogP contribution in [-0.2, 0) is 0 Å². The summed E-state index contributed by atoms with van der Waals surface area (Å²) in [5, 5.41) is 0. The van der Waals surface area contributed by atoms with Gasteiger partial charge in [-0.3, -0.25) is 9.89 Å². The van der Waals surface area contributed by atoms with Gasteiger partial charge in [0.05, 0.1) is 0 Å². The van der Waals surface area contributed by atoms with Crippen molar-refractivity contribution in [2.24, 2.45) is 4.99 Å². The highest BCUT2D eigenvalue weighted by atomic mass is 15.2. The number of aliphatic imine (C=N–C) groups is 1. The van der Waals surface area contributed by atoms with Crippen molar-refractivity contribution in [3.8, 4) is 0 Å². The first-order chi connectivity index (χ1) is 4.81. The van der Waals surface area contributed by atoms with Crippen molar-refractivity contribution in [1.29, 1.82) is 0 Å². The summed E-state index contributed by atoms with van der Waals surface area (Å²) in [6, 6.07) is 1.66. The number of nitrogens with zero attached hydrogens (tertiary/aromatic N) is 2. The van der Waals surface area contributed by atoms with Gasteiger partial charge in [-0.2, -0.15) is 0 Å². The zero-order valence-corrected chi connectivity index (χ0v) is 6.67. The SMILES string of the molecule is CN=C1CC2CC(C1)N2C. The third kappa shape index (κ3) is 0.717. The molecule has 2 heterocycles. The van der Waals surface area contributed by atoms with E-state index in [1.54, 1.807) is 0 Å². The monoisotopic (exact) mass is 138 g/mol. The van der Waals surface area contributed by atoms with E-state index >= 15 is 0 Å². The van der Waals surface area contributed by atoms with Crippen molar-refractivity contribution < 1.29 is 0 Å². The molecule has 0 radical (unpaired) electrons. The molecule has 0 spiro atoms. The minimum absolute atomic E-state index is 0.831. The number of hydrogen-bond donors (Lipinski definition) is 0. The van der Waals surface area contributed by atoms with Gasteiger partial charge in [-0.05, 0) is 13.5 Å². The molecule has 2 nitrogen and oxygen atoms in total. The summed E-state index contributed by atoms with van der Waals surface area (Å²) in [5.74, 6) is 0. The maximum Gasteiger partial charge on any atom is 0.0276 e. The van der Waals surface area contributed by atoms with Gasteiger partial charge in [0.25, 0.3) is 0 Å². The molecule has 2 atom stereocenters. The van der Waals surface area contributed by atoms with Gasteiger partial charge in [0.15, 0.2) is 0 Å². The second-order valence-electron chi connectivity index (χ2n) is 3.41. The van der Waals surface area contributed by atoms with Crippen molar-refractivity contribution >= 4 is 5.71 Å². The second-order valence-corrected chi connectivity index (χ2v) is 3.41. The molecule has 2 saturated heterocycles. The zero-order chi connectivity index (χ0) is 7.14. The van der Waals surface area contributed by atoms with E-state index in [1.807, 2.05) is 7.05 Å². The van der Waals surface area contributed by atoms with Crippen molar-refractivity contribution in [1.82, 2.24) is 4.90 Å². The van der Waals surface area contributed by atoms with Gasteiger partial charge < -0.3 is 0 Å². The summed E-state index contributed by atoms with van der Waals surface area (Å²) in [6.45, 7) is 0. The second kappa shape index (κ2) is 2.06. The van der Waals surface area contributed by atoms with Crippen molar-refractivity contribution in [2.75, 3.05) is 14.1 Å². The Balaban J connectivity index is 2.06. The average molecular weight is 138 g/mol. The molecule has 2 aliphatic heterocycles. The van der Waals surface area contributed by atoms with E-state index in [4.69, 9.17) is 0 Å². The molecule has 0 amide bonds. The lowest BCUT2D eigenvalue weighted by atomic mass is 9.79. The van der Waals surface area contributed by atoms with Crippen LogP contribution in [0.25, 0.3) is 0 Å². The summed E-state index contributed by atoms with van der Waals surface area (Å²) in [5.41, 5.74) is 1.43. The Labute approximate surface area is 61.9 Å². The standard InChI is InChI=1S/C8H14N2/c1-9-6-3-7-5-8(4-6)10(7)2/h7-8H,3-5H2,1-2H3. The number of hydrogen-bond acceptors (Lipinski definition) is 2. The molecular formula is C8H14N2. The maximum absolute atomic E-state index is 4.25. The Morgan fingerprint density at radius 2 is 2.00 bits per heavy atom. The lowest BCUT2D eigenvalue weighted by Crippen LogP contribution is -2.58. The Hall–Kier alpha value is -0.370. The van der Waals surface area contributed by atoms with Crippen LogP contribution in [0.15, 0.2) is 4.99 Å². The Bertz CT molecular complexity index is 160. The summed E-state index contributed by atoms with van der Waals surface area (Å²) in [6.07, 6.45) is 3.86. The molecule has 3 rings (SSSR count). The van der Waals surface area contributed by atoms with Crippen LogP contribution in [-0.4, -0.2) is 36.8 Å². The highest BCUT2D eigenvalue weighted by Gasteiger charge is 2.40. The summed E-state index contributed by atoms with van der Waals surface area (Å²) >= 11 is 0. The van der Waals surface area contributed by atoms with E-state index < -0.39 is 0 Å². The van der Waals surface area contributed by atoms with Crippen LogP contribution < -0.4 is 0 Å². The van der Waals surface area contributed by atoms with Gasteiger partial charge in [0.2, 0.25) is 0 Å². The highest BCUT2D eigenvalue weighted by molar-refractivity contribution is 5.87. The first-order valence-corrected chi connectivity index (χ1v) is 3.97. The minimum atomic E-state index is 0.831. The lowest BCUT2D eigenvalue weighted by molar-refractivity contribution is 0.0378. The third-order valence-corrected chi connectivity index (χ3v) is 2.95. The van der Waals surface area contributed by atoms with Crippen molar-refractivity contribution in [3.63, 3.8) is 0 Å². The largest absolute Gasteiger partial charge is 0.300 e. The fourth-order valence-corrected chi connectivity index (χ4v) is 2.07. The molecular weight excluding hydrogens is 124 g/mol. The zero-order valence-electron chi connectivity index (χ0n) is 6.67. The average Bonchev–Trinajstić information content (AvgIpc) is 2.04. The topological polar surface area (TPSA) is 15.6 Å². The third-order valence-electron chi connectivity index (χ3n) is 2.95. The van der Waals surface area contributed by atoms with Crippen molar-refractivity contribution in [2.45, 2.75) is 31.3 Å². The molecule has 2 bridgehead atoms. The highest BCUT2D eigenvalue weighted by Crippen LogP contribution is 2.34. The van der Waals surface area contributed by atoms with Crippen LogP contribution in [0.1, 0.15) is 19.3 Å². The fraction of sp³-hybridized carbons (Fsp3) is 0.875. The van der Waals surface area contributed by atoms with E-state index in [0.29, 0.717) is 0 Å². The van der Waals surface area contributed by atoms with Gasteiger partial charge in [-0.15, -0.1) is 0 Å². The van der Waals surface area contributed by atoms with Crippen LogP contribution in [0.2, 0.25) is 0 Å². The van der Waals surface area contributed by atoms with Gasteiger partial charge >= 0.3 is 0 Å². The molecule has 56 valence electrons. The molecule has 2 unspecified atom stereocenters. The van der Waals surface area contributed by atoms with Gasteiger partial charge in [0, 0.05) is 37.7 Å². The molecule has 1 aliphatic carbocycles. The van der Waals surface area contributed by atoms with E-state index in [1.165, 1.54) is 25.0 Å². The van der Waals surface area contributed by atoms with Crippen LogP contribution >= 0.6 is 0 Å². The Kier molecular flexibility index (Phi) is 1.31. The molecule has 0 aromatic carbocycles. The Morgan fingerprint density at radius 1 is 1.40 bits per heavy atom.